The maximum Gasteiger partial charge on any atom is 0.326 e. The van der Waals surface area contributed by atoms with Gasteiger partial charge in [0.2, 0.25) is 5.91 Å². The summed E-state index contributed by atoms with van der Waals surface area (Å²) in [5, 5.41) is 8.60. The summed E-state index contributed by atoms with van der Waals surface area (Å²) in [4.78, 5) is 22.8. The third-order valence-corrected chi connectivity index (χ3v) is 1.62. The molecule has 0 aliphatic carbocycles. The molecule has 1 amide bonds. The Morgan fingerprint density at radius 3 is 2.42 bits per heavy atom. The summed E-state index contributed by atoms with van der Waals surface area (Å²) in [7, 11) is 0. The second kappa shape index (κ2) is 4.54. The van der Waals surface area contributed by atoms with Crippen LogP contribution in [-0.2, 0) is 9.59 Å². The molecular weight excluding hydrogens is 158 g/mol. The molecule has 68 valence electrons. The number of likely N-dealkylation sites (N-methyl/N-ethyl adjacent to an activating group) is 1. The maximum atomic E-state index is 11.0. The third-order valence-electron chi connectivity index (χ3n) is 1.62. The SMILES string of the molecule is C=CC(=O)N(CC)[C@@H](C)C(=O)O. The zero-order valence-corrected chi connectivity index (χ0v) is 7.28. The van der Waals surface area contributed by atoms with Crippen LogP contribution < -0.4 is 0 Å². The standard InChI is InChI=1S/C8H13NO3/c1-4-7(10)9(5-2)6(3)8(11)12/h4,6H,1,5H2,2-3H3,(H,11,12)/t6-/m0/s1. The molecule has 12 heavy (non-hydrogen) atoms. The summed E-state index contributed by atoms with van der Waals surface area (Å²) in [6, 6.07) is -0.791. The van der Waals surface area contributed by atoms with E-state index in [1.54, 1.807) is 6.92 Å². The van der Waals surface area contributed by atoms with Gasteiger partial charge in [0.25, 0.3) is 0 Å². The van der Waals surface area contributed by atoms with E-state index in [-0.39, 0.29) is 5.91 Å². The molecule has 0 saturated heterocycles. The fraction of sp³-hybridized carbons (Fsp3) is 0.500. The molecule has 0 aliphatic heterocycles. The first kappa shape index (κ1) is 10.7. The van der Waals surface area contributed by atoms with Crippen molar-refractivity contribution in [2.45, 2.75) is 19.9 Å². The molecule has 0 aliphatic rings. The second-order valence-electron chi connectivity index (χ2n) is 2.34. The highest BCUT2D eigenvalue weighted by atomic mass is 16.4. The van der Waals surface area contributed by atoms with Gasteiger partial charge in [-0.3, -0.25) is 4.79 Å². The summed E-state index contributed by atoms with van der Waals surface area (Å²) >= 11 is 0. The van der Waals surface area contributed by atoms with E-state index in [2.05, 4.69) is 6.58 Å². The van der Waals surface area contributed by atoms with Crippen molar-refractivity contribution in [2.24, 2.45) is 0 Å². The number of amides is 1. The van der Waals surface area contributed by atoms with Crippen molar-refractivity contribution in [2.75, 3.05) is 6.54 Å². The molecule has 0 unspecified atom stereocenters. The van der Waals surface area contributed by atoms with E-state index in [1.807, 2.05) is 0 Å². The smallest absolute Gasteiger partial charge is 0.326 e. The van der Waals surface area contributed by atoms with Crippen LogP contribution in [0.2, 0.25) is 0 Å². The van der Waals surface area contributed by atoms with Crippen molar-refractivity contribution in [3.63, 3.8) is 0 Å². The van der Waals surface area contributed by atoms with Crippen LogP contribution in [0.25, 0.3) is 0 Å². The van der Waals surface area contributed by atoms with Crippen molar-refractivity contribution in [3.8, 4) is 0 Å². The van der Waals surface area contributed by atoms with Crippen LogP contribution in [-0.4, -0.2) is 34.5 Å². The minimum Gasteiger partial charge on any atom is -0.480 e. The average Bonchev–Trinajstić information content (AvgIpc) is 2.05. The van der Waals surface area contributed by atoms with Gasteiger partial charge in [-0.25, -0.2) is 4.79 Å². The molecule has 0 heterocycles. The van der Waals surface area contributed by atoms with Gasteiger partial charge < -0.3 is 10.0 Å². The minimum absolute atomic E-state index is 0.354. The molecule has 0 spiro atoms. The van der Waals surface area contributed by atoms with Crippen molar-refractivity contribution in [3.05, 3.63) is 12.7 Å². The fourth-order valence-corrected chi connectivity index (χ4v) is 0.871. The normalized spacial score (nSPS) is 11.8. The van der Waals surface area contributed by atoms with Crippen LogP contribution in [0.4, 0.5) is 0 Å². The third kappa shape index (κ3) is 2.38. The van der Waals surface area contributed by atoms with Gasteiger partial charge in [-0.15, -0.1) is 0 Å². The molecule has 0 fully saturated rings. The van der Waals surface area contributed by atoms with Crippen LogP contribution in [0.3, 0.4) is 0 Å². The zero-order chi connectivity index (χ0) is 9.72. The molecule has 0 aromatic carbocycles. The van der Waals surface area contributed by atoms with Gasteiger partial charge in [0.1, 0.15) is 6.04 Å². The Balaban J connectivity index is 4.43. The summed E-state index contributed by atoms with van der Waals surface area (Å²) in [5.74, 6) is -1.36. The summed E-state index contributed by atoms with van der Waals surface area (Å²) in [6.07, 6.45) is 1.11. The summed E-state index contributed by atoms with van der Waals surface area (Å²) in [6.45, 7) is 6.85. The Morgan fingerprint density at radius 1 is 1.67 bits per heavy atom. The molecule has 0 saturated carbocycles. The molecule has 4 nitrogen and oxygen atoms in total. The van der Waals surface area contributed by atoms with E-state index >= 15 is 0 Å². The van der Waals surface area contributed by atoms with Crippen LogP contribution in [0.5, 0.6) is 0 Å². The van der Waals surface area contributed by atoms with Crippen LogP contribution in [0, 0.1) is 0 Å². The topological polar surface area (TPSA) is 57.6 Å². The van der Waals surface area contributed by atoms with E-state index in [9.17, 15) is 9.59 Å². The number of carbonyl (C=O) groups excluding carboxylic acids is 1. The Labute approximate surface area is 71.5 Å². The van der Waals surface area contributed by atoms with E-state index in [4.69, 9.17) is 5.11 Å². The molecule has 4 heteroatoms. The first-order chi connectivity index (χ1) is 5.54. The first-order valence-corrected chi connectivity index (χ1v) is 3.70. The second-order valence-corrected chi connectivity index (χ2v) is 2.34. The van der Waals surface area contributed by atoms with Gasteiger partial charge >= 0.3 is 5.97 Å². The maximum absolute atomic E-state index is 11.0. The molecule has 0 bridgehead atoms. The van der Waals surface area contributed by atoms with Crippen molar-refractivity contribution in [1.29, 1.82) is 0 Å². The number of rotatable bonds is 4. The molecule has 0 radical (unpaired) electrons. The van der Waals surface area contributed by atoms with Gasteiger partial charge in [-0.1, -0.05) is 6.58 Å². The number of aliphatic carboxylic acids is 1. The predicted molar refractivity (Wildman–Crippen MR) is 44.7 cm³/mol. The average molecular weight is 171 g/mol. The zero-order valence-electron chi connectivity index (χ0n) is 7.28. The first-order valence-electron chi connectivity index (χ1n) is 3.70. The monoisotopic (exact) mass is 171 g/mol. The number of carbonyl (C=O) groups is 2. The molecule has 0 aromatic heterocycles. The number of carboxylic acid groups (broad SMARTS) is 1. The van der Waals surface area contributed by atoms with Gasteiger partial charge in [0.15, 0.2) is 0 Å². The minimum atomic E-state index is -1.01. The van der Waals surface area contributed by atoms with E-state index < -0.39 is 12.0 Å². The van der Waals surface area contributed by atoms with Crippen molar-refractivity contribution >= 4 is 11.9 Å². The Kier molecular flexibility index (Phi) is 4.04. The molecule has 0 rings (SSSR count). The van der Waals surface area contributed by atoms with Gasteiger partial charge in [0.05, 0.1) is 0 Å². The Bertz CT molecular complexity index is 200. The van der Waals surface area contributed by atoms with Gasteiger partial charge in [-0.2, -0.15) is 0 Å². The lowest BCUT2D eigenvalue weighted by Gasteiger charge is -2.23. The number of carboxylic acids is 1. The lowest BCUT2D eigenvalue weighted by molar-refractivity contribution is -0.147. The van der Waals surface area contributed by atoms with E-state index in [0.29, 0.717) is 6.54 Å². The number of hydrogen-bond donors (Lipinski definition) is 1. The number of nitrogens with zero attached hydrogens (tertiary/aromatic N) is 1. The quantitative estimate of drug-likeness (QED) is 0.626. The van der Waals surface area contributed by atoms with Crippen LogP contribution in [0.15, 0.2) is 12.7 Å². The number of hydrogen-bond acceptors (Lipinski definition) is 2. The lowest BCUT2D eigenvalue weighted by Crippen LogP contribution is -2.42. The highest BCUT2D eigenvalue weighted by molar-refractivity contribution is 5.90. The lowest BCUT2D eigenvalue weighted by atomic mass is 10.3. The highest BCUT2D eigenvalue weighted by Gasteiger charge is 2.21. The van der Waals surface area contributed by atoms with E-state index in [0.717, 1.165) is 6.08 Å². The summed E-state index contributed by atoms with van der Waals surface area (Å²) < 4.78 is 0. The van der Waals surface area contributed by atoms with Gasteiger partial charge in [-0.05, 0) is 19.9 Å². The molecule has 0 aromatic rings. The summed E-state index contributed by atoms with van der Waals surface area (Å²) in [5.41, 5.74) is 0. The largest absolute Gasteiger partial charge is 0.480 e. The predicted octanol–water partition coefficient (Wildman–Crippen LogP) is 0.494. The van der Waals surface area contributed by atoms with Crippen molar-refractivity contribution < 1.29 is 14.7 Å². The molecule has 1 atom stereocenters. The Hall–Kier alpha value is -1.32. The molecule has 1 N–H and O–H groups in total. The van der Waals surface area contributed by atoms with Gasteiger partial charge in [0, 0.05) is 6.54 Å². The fourth-order valence-electron chi connectivity index (χ4n) is 0.871. The van der Waals surface area contributed by atoms with Crippen LogP contribution >= 0.6 is 0 Å². The van der Waals surface area contributed by atoms with Crippen LogP contribution in [0.1, 0.15) is 13.8 Å². The Morgan fingerprint density at radius 2 is 2.17 bits per heavy atom. The van der Waals surface area contributed by atoms with E-state index in [1.165, 1.54) is 11.8 Å². The molecular formula is C8H13NO3. The van der Waals surface area contributed by atoms with Crippen molar-refractivity contribution in [1.82, 2.24) is 4.90 Å². The highest BCUT2D eigenvalue weighted by Crippen LogP contribution is 1.99.